The Bertz CT molecular complexity index is 403. The lowest BCUT2D eigenvalue weighted by Crippen LogP contribution is -1.87. The zero-order valence-electron chi connectivity index (χ0n) is 8.26. The third kappa shape index (κ3) is 1.39. The number of fused-ring (bicyclic) bond motifs is 1. The monoisotopic (exact) mass is 188 g/mol. The zero-order chi connectivity index (χ0) is 9.97. The number of aryl methyl sites for hydroxylation is 1. The number of hydrogen-bond donors (Lipinski definition) is 0. The van der Waals surface area contributed by atoms with Gasteiger partial charge in [0.05, 0.1) is 0 Å². The predicted molar refractivity (Wildman–Crippen MR) is 58.1 cm³/mol. The topological polar surface area (TPSA) is 0 Å². The first-order valence-corrected chi connectivity index (χ1v) is 4.92. The van der Waals surface area contributed by atoms with Gasteiger partial charge in [0, 0.05) is 0 Å². The fourth-order valence-electron chi connectivity index (χ4n) is 1.86. The van der Waals surface area contributed by atoms with Gasteiger partial charge in [-0.2, -0.15) is 0 Å². The van der Waals surface area contributed by atoms with Gasteiger partial charge in [-0.25, -0.2) is 4.39 Å². The molecule has 0 N–H and O–H groups in total. The van der Waals surface area contributed by atoms with Crippen LogP contribution in [0.5, 0.6) is 0 Å². The van der Waals surface area contributed by atoms with Crippen molar-refractivity contribution in [1.82, 2.24) is 0 Å². The lowest BCUT2D eigenvalue weighted by Gasteiger charge is -2.06. The van der Waals surface area contributed by atoms with Gasteiger partial charge in [0.15, 0.2) is 0 Å². The lowest BCUT2D eigenvalue weighted by atomic mass is 9.99. The largest absolute Gasteiger partial charge is 0.246 e. The summed E-state index contributed by atoms with van der Waals surface area (Å²) in [7, 11) is 0. The SMILES string of the molecule is CCc1cccc2c(CF)cccc12. The van der Waals surface area contributed by atoms with Crippen molar-refractivity contribution in [1.29, 1.82) is 0 Å². The molecule has 0 aliphatic rings. The van der Waals surface area contributed by atoms with Gasteiger partial charge in [0.1, 0.15) is 6.67 Å². The maximum absolute atomic E-state index is 12.7. The average molecular weight is 188 g/mol. The molecule has 2 aromatic rings. The number of rotatable bonds is 2. The summed E-state index contributed by atoms with van der Waals surface area (Å²) in [6, 6.07) is 11.9. The van der Waals surface area contributed by atoms with Crippen LogP contribution in [0, 0.1) is 0 Å². The second-order valence-electron chi connectivity index (χ2n) is 3.42. The molecule has 0 nitrogen and oxygen atoms in total. The summed E-state index contributed by atoms with van der Waals surface area (Å²) in [4.78, 5) is 0. The second kappa shape index (κ2) is 3.79. The van der Waals surface area contributed by atoms with Crippen LogP contribution >= 0.6 is 0 Å². The first-order valence-electron chi connectivity index (χ1n) is 4.92. The average Bonchev–Trinajstić information content (AvgIpc) is 2.27. The quantitative estimate of drug-likeness (QED) is 0.671. The van der Waals surface area contributed by atoms with E-state index in [0.29, 0.717) is 0 Å². The highest BCUT2D eigenvalue weighted by Crippen LogP contribution is 2.23. The molecule has 0 saturated carbocycles. The Kier molecular flexibility index (Phi) is 2.49. The molecule has 0 fully saturated rings. The van der Waals surface area contributed by atoms with Crippen molar-refractivity contribution in [3.8, 4) is 0 Å². The fourth-order valence-corrected chi connectivity index (χ4v) is 1.86. The van der Waals surface area contributed by atoms with E-state index in [1.54, 1.807) is 0 Å². The molecule has 2 aromatic carbocycles. The minimum absolute atomic E-state index is 0.384. The molecular weight excluding hydrogens is 175 g/mol. The number of alkyl halides is 1. The normalized spacial score (nSPS) is 10.7. The van der Waals surface area contributed by atoms with E-state index in [0.717, 1.165) is 17.4 Å². The zero-order valence-corrected chi connectivity index (χ0v) is 8.26. The summed E-state index contributed by atoms with van der Waals surface area (Å²) in [6.45, 7) is 1.74. The van der Waals surface area contributed by atoms with Crippen LogP contribution in [0.1, 0.15) is 18.1 Å². The van der Waals surface area contributed by atoms with Crippen LogP contribution in [0.2, 0.25) is 0 Å². The molecule has 0 amide bonds. The number of halogens is 1. The van der Waals surface area contributed by atoms with Crippen LogP contribution in [0.3, 0.4) is 0 Å². The molecule has 0 aromatic heterocycles. The van der Waals surface area contributed by atoms with Crippen LogP contribution < -0.4 is 0 Å². The van der Waals surface area contributed by atoms with Gasteiger partial charge in [-0.15, -0.1) is 0 Å². The Morgan fingerprint density at radius 3 is 2.07 bits per heavy atom. The van der Waals surface area contributed by atoms with Crippen LogP contribution in [0.25, 0.3) is 10.8 Å². The molecule has 14 heavy (non-hydrogen) atoms. The Labute approximate surface area is 83.4 Å². The third-order valence-corrected chi connectivity index (χ3v) is 2.63. The summed E-state index contributed by atoms with van der Waals surface area (Å²) in [5.74, 6) is 0. The highest BCUT2D eigenvalue weighted by atomic mass is 19.1. The Morgan fingerprint density at radius 2 is 1.50 bits per heavy atom. The summed E-state index contributed by atoms with van der Waals surface area (Å²) in [5, 5.41) is 2.24. The van der Waals surface area contributed by atoms with Crippen molar-refractivity contribution in [2.45, 2.75) is 20.0 Å². The third-order valence-electron chi connectivity index (χ3n) is 2.63. The van der Waals surface area contributed by atoms with Crippen molar-refractivity contribution in [2.24, 2.45) is 0 Å². The van der Waals surface area contributed by atoms with Gasteiger partial charge in [-0.3, -0.25) is 0 Å². The van der Waals surface area contributed by atoms with Crippen molar-refractivity contribution in [3.05, 3.63) is 47.5 Å². The molecular formula is C13H13F. The number of hydrogen-bond acceptors (Lipinski definition) is 0. The molecule has 0 bridgehead atoms. The van der Waals surface area contributed by atoms with E-state index in [9.17, 15) is 4.39 Å². The van der Waals surface area contributed by atoms with E-state index in [2.05, 4.69) is 19.1 Å². The molecule has 0 saturated heterocycles. The van der Waals surface area contributed by atoms with E-state index in [-0.39, 0.29) is 6.67 Å². The van der Waals surface area contributed by atoms with Crippen molar-refractivity contribution < 1.29 is 4.39 Å². The maximum Gasteiger partial charge on any atom is 0.115 e. The van der Waals surface area contributed by atoms with Crippen molar-refractivity contribution >= 4 is 10.8 Å². The predicted octanol–water partition coefficient (Wildman–Crippen LogP) is 3.87. The second-order valence-corrected chi connectivity index (χ2v) is 3.42. The van der Waals surface area contributed by atoms with E-state index < -0.39 is 0 Å². The van der Waals surface area contributed by atoms with Crippen LogP contribution in [-0.2, 0) is 13.1 Å². The summed E-state index contributed by atoms with van der Waals surface area (Å²) in [5.41, 5.74) is 2.08. The minimum atomic E-state index is -0.384. The molecule has 0 heterocycles. The van der Waals surface area contributed by atoms with E-state index in [1.165, 1.54) is 10.9 Å². The van der Waals surface area contributed by atoms with E-state index >= 15 is 0 Å². The molecule has 0 aliphatic carbocycles. The number of benzene rings is 2. The Morgan fingerprint density at radius 1 is 0.929 bits per heavy atom. The van der Waals surface area contributed by atoms with Gasteiger partial charge in [0.2, 0.25) is 0 Å². The minimum Gasteiger partial charge on any atom is -0.246 e. The molecule has 0 radical (unpaired) electrons. The molecule has 72 valence electrons. The molecule has 1 heteroatoms. The maximum atomic E-state index is 12.7. The smallest absolute Gasteiger partial charge is 0.115 e. The standard InChI is InChI=1S/C13H13F/c1-2-10-5-3-8-13-11(9-14)6-4-7-12(10)13/h3-8H,2,9H2,1H3. The summed E-state index contributed by atoms with van der Waals surface area (Å²) >= 11 is 0. The van der Waals surface area contributed by atoms with Crippen LogP contribution in [0.4, 0.5) is 4.39 Å². The Balaban J connectivity index is 2.77. The summed E-state index contributed by atoms with van der Waals surface area (Å²) in [6.07, 6.45) is 0.993. The molecule has 0 unspecified atom stereocenters. The lowest BCUT2D eigenvalue weighted by molar-refractivity contribution is 0.488. The molecule has 0 aliphatic heterocycles. The van der Waals surface area contributed by atoms with Gasteiger partial charge in [0.25, 0.3) is 0 Å². The molecule has 2 rings (SSSR count). The Hall–Kier alpha value is -1.37. The van der Waals surface area contributed by atoms with Crippen molar-refractivity contribution in [2.75, 3.05) is 0 Å². The van der Waals surface area contributed by atoms with Crippen LogP contribution in [-0.4, -0.2) is 0 Å². The van der Waals surface area contributed by atoms with Crippen molar-refractivity contribution in [3.63, 3.8) is 0 Å². The highest BCUT2D eigenvalue weighted by molar-refractivity contribution is 5.88. The van der Waals surface area contributed by atoms with Gasteiger partial charge in [-0.1, -0.05) is 43.3 Å². The molecule has 0 atom stereocenters. The first kappa shape index (κ1) is 9.20. The van der Waals surface area contributed by atoms with E-state index in [1.807, 2.05) is 24.3 Å². The van der Waals surface area contributed by atoms with E-state index in [4.69, 9.17) is 0 Å². The van der Waals surface area contributed by atoms with Crippen LogP contribution in [0.15, 0.2) is 36.4 Å². The first-order chi connectivity index (χ1) is 6.86. The molecule has 0 spiro atoms. The summed E-state index contributed by atoms with van der Waals surface area (Å²) < 4.78 is 12.7. The van der Waals surface area contributed by atoms with Gasteiger partial charge in [-0.05, 0) is 28.3 Å². The van der Waals surface area contributed by atoms with Gasteiger partial charge < -0.3 is 0 Å². The highest BCUT2D eigenvalue weighted by Gasteiger charge is 2.02. The van der Waals surface area contributed by atoms with Gasteiger partial charge >= 0.3 is 0 Å². The fraction of sp³-hybridized carbons (Fsp3) is 0.231.